The van der Waals surface area contributed by atoms with Gasteiger partial charge in [-0.2, -0.15) is 0 Å². The van der Waals surface area contributed by atoms with Crippen LogP contribution in [0.4, 0.5) is 4.39 Å². The van der Waals surface area contributed by atoms with Crippen LogP contribution in [0, 0.1) is 17.7 Å². The van der Waals surface area contributed by atoms with Gasteiger partial charge in [0.05, 0.1) is 5.56 Å². The molecule has 2 N–H and O–H groups in total. The highest BCUT2D eigenvalue weighted by Gasteiger charge is 2.25. The summed E-state index contributed by atoms with van der Waals surface area (Å²) in [5.74, 6) is 4.02. The molecule has 0 spiro atoms. The summed E-state index contributed by atoms with van der Waals surface area (Å²) in [5.41, 5.74) is 0.449. The molecule has 0 aliphatic heterocycles. The Morgan fingerprint density at radius 3 is 2.90 bits per heavy atom. The molecule has 5 heteroatoms. The third kappa shape index (κ3) is 4.55. The van der Waals surface area contributed by atoms with Crippen molar-refractivity contribution in [3.63, 3.8) is 0 Å². The van der Waals surface area contributed by atoms with Crippen LogP contribution in [0.15, 0.2) is 18.2 Å². The smallest absolute Gasteiger partial charge is 0.251 e. The zero-order chi connectivity index (χ0) is 15.2. The number of nitrogens with one attached hydrogen (secondary N) is 1. The highest BCUT2D eigenvalue weighted by Crippen LogP contribution is 2.24. The van der Waals surface area contributed by atoms with Gasteiger partial charge in [-0.3, -0.25) is 4.79 Å². The molecule has 1 amide bonds. The van der Waals surface area contributed by atoms with Crippen molar-refractivity contribution in [3.05, 3.63) is 35.1 Å². The molecule has 1 fully saturated rings. The van der Waals surface area contributed by atoms with E-state index in [1.54, 1.807) is 0 Å². The first-order valence-corrected chi connectivity index (χ1v) is 6.99. The maximum Gasteiger partial charge on any atom is 0.251 e. The average molecular weight is 290 g/mol. The molecule has 0 atom stereocenters. The first-order chi connectivity index (χ1) is 10.1. The number of aliphatic hydroxyl groups excluding tert-OH is 1. The molecule has 0 radical (unpaired) electrons. The largest absolute Gasteiger partial charge is 0.384 e. The van der Waals surface area contributed by atoms with Gasteiger partial charge in [0.15, 0.2) is 0 Å². The Balaban J connectivity index is 1.88. The minimum absolute atomic E-state index is 0.175. The second-order valence-electron chi connectivity index (χ2n) is 5.12. The highest BCUT2D eigenvalue weighted by molar-refractivity contribution is 5.94. The van der Waals surface area contributed by atoms with E-state index in [1.165, 1.54) is 31.0 Å². The van der Waals surface area contributed by atoms with E-state index >= 15 is 0 Å². The Labute approximate surface area is 124 Å². The standard InChI is InChI=1S/C16H19FN2O2/c1-19(14-6-7-14)9-8-18-16(21)13-5-4-12(3-2-10-20)15(17)11-13/h4-5,11,14,20H,6-10H2,1H3,(H,18,21). The van der Waals surface area contributed by atoms with Crippen molar-refractivity contribution < 1.29 is 14.3 Å². The van der Waals surface area contributed by atoms with Crippen LogP contribution < -0.4 is 5.32 Å². The summed E-state index contributed by atoms with van der Waals surface area (Å²) in [7, 11) is 2.04. The number of rotatable bonds is 5. The summed E-state index contributed by atoms with van der Waals surface area (Å²) in [6.07, 6.45) is 2.46. The maximum absolute atomic E-state index is 13.7. The zero-order valence-corrected chi connectivity index (χ0v) is 12.0. The molecule has 21 heavy (non-hydrogen) atoms. The quantitative estimate of drug-likeness (QED) is 0.795. The molecule has 0 aromatic heterocycles. The first kappa shape index (κ1) is 15.5. The Morgan fingerprint density at radius 1 is 1.52 bits per heavy atom. The van der Waals surface area contributed by atoms with E-state index in [0.717, 1.165) is 6.54 Å². The number of nitrogens with zero attached hydrogens (tertiary/aromatic N) is 1. The van der Waals surface area contributed by atoms with Gasteiger partial charge in [-0.15, -0.1) is 0 Å². The fourth-order valence-electron chi connectivity index (χ4n) is 2.04. The Hall–Kier alpha value is -1.90. The van der Waals surface area contributed by atoms with Gasteiger partial charge in [0.1, 0.15) is 12.4 Å². The summed E-state index contributed by atoms with van der Waals surface area (Å²) in [6, 6.07) is 4.80. The molecular weight excluding hydrogens is 271 g/mol. The lowest BCUT2D eigenvalue weighted by Crippen LogP contribution is -2.34. The van der Waals surface area contributed by atoms with Crippen LogP contribution in [0.5, 0.6) is 0 Å². The molecule has 1 saturated carbocycles. The van der Waals surface area contributed by atoms with Crippen LogP contribution in [0.2, 0.25) is 0 Å². The second kappa shape index (κ2) is 7.21. The molecule has 0 bridgehead atoms. The number of benzene rings is 1. The van der Waals surface area contributed by atoms with Crippen molar-refractivity contribution in [2.45, 2.75) is 18.9 Å². The minimum atomic E-state index is -0.557. The lowest BCUT2D eigenvalue weighted by atomic mass is 10.1. The zero-order valence-electron chi connectivity index (χ0n) is 12.0. The van der Waals surface area contributed by atoms with Crippen LogP contribution in [-0.2, 0) is 0 Å². The summed E-state index contributed by atoms with van der Waals surface area (Å²) < 4.78 is 13.7. The number of amides is 1. The van der Waals surface area contributed by atoms with E-state index in [9.17, 15) is 9.18 Å². The minimum Gasteiger partial charge on any atom is -0.384 e. The average Bonchev–Trinajstić information content (AvgIpc) is 3.30. The van der Waals surface area contributed by atoms with E-state index < -0.39 is 5.82 Å². The Morgan fingerprint density at radius 2 is 2.29 bits per heavy atom. The summed E-state index contributed by atoms with van der Waals surface area (Å²) in [5, 5.41) is 11.4. The Bertz CT molecular complexity index is 573. The van der Waals surface area contributed by atoms with Gasteiger partial charge in [-0.1, -0.05) is 11.8 Å². The Kier molecular flexibility index (Phi) is 5.32. The molecule has 1 aromatic rings. The second-order valence-corrected chi connectivity index (χ2v) is 5.12. The molecule has 4 nitrogen and oxygen atoms in total. The van der Waals surface area contributed by atoms with Gasteiger partial charge in [0.2, 0.25) is 0 Å². The number of carbonyl (C=O) groups excluding carboxylic acids is 1. The van der Waals surface area contributed by atoms with Gasteiger partial charge in [0.25, 0.3) is 5.91 Å². The van der Waals surface area contributed by atoms with Crippen molar-refractivity contribution in [2.24, 2.45) is 0 Å². The third-order valence-corrected chi connectivity index (χ3v) is 3.45. The normalized spacial score (nSPS) is 13.7. The predicted octanol–water partition coefficient (Wildman–Crippen LogP) is 0.993. The summed E-state index contributed by atoms with van der Waals surface area (Å²) in [4.78, 5) is 14.1. The molecule has 1 aliphatic rings. The van der Waals surface area contributed by atoms with Gasteiger partial charge in [0, 0.05) is 24.7 Å². The van der Waals surface area contributed by atoms with Gasteiger partial charge < -0.3 is 15.3 Å². The predicted molar refractivity (Wildman–Crippen MR) is 78.3 cm³/mol. The van der Waals surface area contributed by atoms with Crippen LogP contribution in [-0.4, -0.2) is 48.7 Å². The van der Waals surface area contributed by atoms with Crippen LogP contribution in [0.3, 0.4) is 0 Å². The fourth-order valence-corrected chi connectivity index (χ4v) is 2.04. The molecule has 1 aliphatic carbocycles. The van der Waals surface area contributed by atoms with E-state index in [4.69, 9.17) is 5.11 Å². The fraction of sp³-hybridized carbons (Fsp3) is 0.438. The molecule has 2 rings (SSSR count). The lowest BCUT2D eigenvalue weighted by molar-refractivity contribution is 0.0949. The number of likely N-dealkylation sites (N-methyl/N-ethyl adjacent to an activating group) is 1. The summed E-state index contributed by atoms with van der Waals surface area (Å²) in [6.45, 7) is 1.01. The molecule has 112 valence electrons. The van der Waals surface area contributed by atoms with Crippen molar-refractivity contribution in [3.8, 4) is 11.8 Å². The van der Waals surface area contributed by atoms with Crippen LogP contribution >= 0.6 is 0 Å². The monoisotopic (exact) mass is 290 g/mol. The van der Waals surface area contributed by atoms with Crippen molar-refractivity contribution in [1.82, 2.24) is 10.2 Å². The van der Waals surface area contributed by atoms with Crippen LogP contribution in [0.1, 0.15) is 28.8 Å². The molecular formula is C16H19FN2O2. The molecule has 1 aromatic carbocycles. The van der Waals surface area contributed by atoms with Gasteiger partial charge >= 0.3 is 0 Å². The number of halogens is 1. The van der Waals surface area contributed by atoms with Crippen molar-refractivity contribution in [1.29, 1.82) is 0 Å². The van der Waals surface area contributed by atoms with E-state index in [1.807, 2.05) is 7.05 Å². The molecule has 0 saturated heterocycles. The summed E-state index contributed by atoms with van der Waals surface area (Å²) >= 11 is 0. The van der Waals surface area contributed by atoms with Gasteiger partial charge in [-0.25, -0.2) is 4.39 Å². The topological polar surface area (TPSA) is 52.6 Å². The molecule has 0 unspecified atom stereocenters. The lowest BCUT2D eigenvalue weighted by Gasteiger charge is -2.15. The van der Waals surface area contributed by atoms with E-state index in [2.05, 4.69) is 22.1 Å². The van der Waals surface area contributed by atoms with E-state index in [-0.39, 0.29) is 23.6 Å². The van der Waals surface area contributed by atoms with Gasteiger partial charge in [-0.05, 0) is 38.1 Å². The first-order valence-electron chi connectivity index (χ1n) is 6.99. The van der Waals surface area contributed by atoms with Crippen molar-refractivity contribution in [2.75, 3.05) is 26.7 Å². The van der Waals surface area contributed by atoms with E-state index in [0.29, 0.717) is 12.6 Å². The number of hydrogen-bond donors (Lipinski definition) is 2. The number of aliphatic hydroxyl groups is 1. The number of carbonyl (C=O) groups is 1. The number of hydrogen-bond acceptors (Lipinski definition) is 3. The van der Waals surface area contributed by atoms with Crippen LogP contribution in [0.25, 0.3) is 0 Å². The van der Waals surface area contributed by atoms with Crippen molar-refractivity contribution >= 4 is 5.91 Å². The maximum atomic E-state index is 13.7. The highest BCUT2D eigenvalue weighted by atomic mass is 19.1. The molecule has 0 heterocycles. The SMILES string of the molecule is CN(CCNC(=O)c1ccc(C#CCO)c(F)c1)C1CC1. The third-order valence-electron chi connectivity index (χ3n) is 3.45.